The van der Waals surface area contributed by atoms with Gasteiger partial charge in [0.05, 0.1) is 19.8 Å². The summed E-state index contributed by atoms with van der Waals surface area (Å²) in [6.07, 6.45) is 1.56. The van der Waals surface area contributed by atoms with E-state index in [1.807, 2.05) is 0 Å². The molecule has 0 spiro atoms. The molecule has 0 unspecified atom stereocenters. The van der Waals surface area contributed by atoms with Gasteiger partial charge >= 0.3 is 11.9 Å². The number of rotatable bonds is 7. The monoisotopic (exact) mass is 276 g/mol. The number of aliphatic carboxylic acids is 1. The van der Waals surface area contributed by atoms with Crippen LogP contribution in [0.15, 0.2) is 11.6 Å². The van der Waals surface area contributed by atoms with E-state index in [9.17, 15) is 14.4 Å². The van der Waals surface area contributed by atoms with Crippen LogP contribution in [0.5, 0.6) is 0 Å². The second kappa shape index (κ2) is 12.7. The van der Waals surface area contributed by atoms with Crippen LogP contribution in [0.25, 0.3) is 0 Å². The van der Waals surface area contributed by atoms with Gasteiger partial charge in [0, 0.05) is 12.0 Å². The molecule has 0 heterocycles. The zero-order chi connectivity index (χ0) is 15.3. The second-order valence-corrected chi connectivity index (χ2v) is 3.53. The van der Waals surface area contributed by atoms with E-state index in [1.165, 1.54) is 19.9 Å². The van der Waals surface area contributed by atoms with Gasteiger partial charge in [0.15, 0.2) is 0 Å². The first kappa shape index (κ1) is 19.6. The third-order valence-electron chi connectivity index (χ3n) is 1.66. The fourth-order valence-electron chi connectivity index (χ4n) is 0.790. The molecule has 0 fully saturated rings. The number of carboxylic acids is 1. The summed E-state index contributed by atoms with van der Waals surface area (Å²) in [4.78, 5) is 31.7. The lowest BCUT2D eigenvalue weighted by Gasteiger charge is -2.00. The number of ketones is 1. The standard InChI is InChI=1S/C10H14O5.C2H6O2/c1-7(10(13)14)4-3-5-15-9(12)6-8(2)11;3-1-2-4/h4H,3,5-6H2,1-2H3,(H,13,14);3-4H,1-2H2. The number of carbonyl (C=O) groups excluding carboxylic acids is 2. The topological polar surface area (TPSA) is 121 Å². The number of hydrogen-bond donors (Lipinski definition) is 3. The number of carbonyl (C=O) groups is 3. The molecule has 0 amide bonds. The summed E-state index contributed by atoms with van der Waals surface area (Å²) in [6, 6.07) is 0. The zero-order valence-corrected chi connectivity index (χ0v) is 11.1. The first-order valence-corrected chi connectivity index (χ1v) is 5.62. The largest absolute Gasteiger partial charge is 0.478 e. The van der Waals surface area contributed by atoms with Crippen molar-refractivity contribution in [2.45, 2.75) is 26.7 Å². The molecule has 3 N–H and O–H groups in total. The average molecular weight is 276 g/mol. The normalized spacial score (nSPS) is 10.2. The van der Waals surface area contributed by atoms with Gasteiger partial charge in [-0.05, 0) is 13.8 Å². The van der Waals surface area contributed by atoms with Crippen molar-refractivity contribution in [1.82, 2.24) is 0 Å². The lowest BCUT2D eigenvalue weighted by Crippen LogP contribution is -2.09. The van der Waals surface area contributed by atoms with Crippen molar-refractivity contribution in [3.8, 4) is 0 Å². The molecule has 0 rings (SSSR count). The molecule has 110 valence electrons. The third kappa shape index (κ3) is 16.3. The smallest absolute Gasteiger partial charge is 0.330 e. The van der Waals surface area contributed by atoms with Crippen molar-refractivity contribution in [2.75, 3.05) is 19.8 Å². The zero-order valence-electron chi connectivity index (χ0n) is 11.1. The van der Waals surface area contributed by atoms with Gasteiger partial charge in [-0.1, -0.05) is 6.08 Å². The van der Waals surface area contributed by atoms with Crippen LogP contribution in [0.4, 0.5) is 0 Å². The number of hydrogen-bond acceptors (Lipinski definition) is 6. The highest BCUT2D eigenvalue weighted by molar-refractivity contribution is 5.94. The van der Waals surface area contributed by atoms with Crippen LogP contribution in [-0.4, -0.2) is 52.9 Å². The summed E-state index contributed by atoms with van der Waals surface area (Å²) in [7, 11) is 0. The summed E-state index contributed by atoms with van der Waals surface area (Å²) >= 11 is 0. The van der Waals surface area contributed by atoms with Crippen LogP contribution >= 0.6 is 0 Å². The molecular weight excluding hydrogens is 256 g/mol. The van der Waals surface area contributed by atoms with E-state index in [0.29, 0.717) is 6.42 Å². The number of aliphatic hydroxyl groups is 2. The third-order valence-corrected chi connectivity index (χ3v) is 1.66. The molecule has 0 aliphatic rings. The highest BCUT2D eigenvalue weighted by Gasteiger charge is 2.05. The Morgan fingerprint density at radius 3 is 2.00 bits per heavy atom. The minimum Gasteiger partial charge on any atom is -0.478 e. The van der Waals surface area contributed by atoms with Crippen LogP contribution < -0.4 is 0 Å². The number of ether oxygens (including phenoxy) is 1. The summed E-state index contributed by atoms with van der Waals surface area (Å²) in [5, 5.41) is 23.7. The predicted molar refractivity (Wildman–Crippen MR) is 66.4 cm³/mol. The van der Waals surface area contributed by atoms with E-state index in [0.717, 1.165) is 0 Å². The lowest BCUT2D eigenvalue weighted by atomic mass is 10.2. The van der Waals surface area contributed by atoms with Crippen molar-refractivity contribution in [1.29, 1.82) is 0 Å². The van der Waals surface area contributed by atoms with Crippen LogP contribution in [0.1, 0.15) is 26.7 Å². The summed E-state index contributed by atoms with van der Waals surface area (Å²) in [5.74, 6) is -1.83. The number of aliphatic hydroxyl groups excluding tert-OH is 2. The average Bonchev–Trinajstić information content (AvgIpc) is 2.33. The van der Waals surface area contributed by atoms with E-state index in [1.54, 1.807) is 0 Å². The Hall–Kier alpha value is -1.73. The van der Waals surface area contributed by atoms with Gasteiger partial charge in [0.25, 0.3) is 0 Å². The molecule has 19 heavy (non-hydrogen) atoms. The number of carboxylic acid groups (broad SMARTS) is 1. The van der Waals surface area contributed by atoms with Crippen LogP contribution in [0, 0.1) is 0 Å². The van der Waals surface area contributed by atoms with E-state index in [4.69, 9.17) is 15.3 Å². The van der Waals surface area contributed by atoms with Crippen molar-refractivity contribution in [2.24, 2.45) is 0 Å². The Balaban J connectivity index is 0. The lowest BCUT2D eigenvalue weighted by molar-refractivity contribution is -0.145. The first-order valence-electron chi connectivity index (χ1n) is 5.62. The molecule has 0 saturated carbocycles. The molecule has 0 aliphatic heterocycles. The highest BCUT2D eigenvalue weighted by Crippen LogP contribution is 1.97. The van der Waals surface area contributed by atoms with Gasteiger partial charge in [-0.3, -0.25) is 9.59 Å². The van der Waals surface area contributed by atoms with Gasteiger partial charge in [0.1, 0.15) is 12.2 Å². The van der Waals surface area contributed by atoms with Crippen molar-refractivity contribution in [3.63, 3.8) is 0 Å². The van der Waals surface area contributed by atoms with Gasteiger partial charge in [0.2, 0.25) is 0 Å². The Morgan fingerprint density at radius 1 is 1.11 bits per heavy atom. The Labute approximate surface area is 111 Å². The van der Waals surface area contributed by atoms with Crippen LogP contribution in [0.2, 0.25) is 0 Å². The minimum atomic E-state index is -0.995. The summed E-state index contributed by atoms with van der Waals surface area (Å²) in [6.45, 7) is 2.60. The fourth-order valence-corrected chi connectivity index (χ4v) is 0.790. The van der Waals surface area contributed by atoms with E-state index in [-0.39, 0.29) is 37.6 Å². The number of Topliss-reactive ketones (excluding diaryl/α,β-unsaturated/α-hetero) is 1. The van der Waals surface area contributed by atoms with E-state index >= 15 is 0 Å². The summed E-state index contributed by atoms with van der Waals surface area (Å²) < 4.78 is 4.69. The second-order valence-electron chi connectivity index (χ2n) is 3.53. The Kier molecular flexibility index (Phi) is 13.1. The molecule has 0 aliphatic carbocycles. The molecule has 0 atom stereocenters. The maximum absolute atomic E-state index is 10.9. The Morgan fingerprint density at radius 2 is 1.63 bits per heavy atom. The molecular formula is C12H20O7. The molecule has 7 heteroatoms. The predicted octanol–water partition coefficient (Wildman–Crippen LogP) is -0.0993. The highest BCUT2D eigenvalue weighted by atomic mass is 16.5. The van der Waals surface area contributed by atoms with Gasteiger partial charge in [-0.15, -0.1) is 0 Å². The summed E-state index contributed by atoms with van der Waals surface area (Å²) in [5.41, 5.74) is 0.206. The molecule has 0 aromatic carbocycles. The van der Waals surface area contributed by atoms with Crippen molar-refractivity contribution >= 4 is 17.7 Å². The van der Waals surface area contributed by atoms with Crippen LogP contribution in [-0.2, 0) is 19.1 Å². The fraction of sp³-hybridized carbons (Fsp3) is 0.583. The SMILES string of the molecule is CC(=O)CC(=O)OCCC=C(C)C(=O)O.OCCO. The van der Waals surface area contributed by atoms with Crippen LogP contribution in [0.3, 0.4) is 0 Å². The molecule has 7 nitrogen and oxygen atoms in total. The van der Waals surface area contributed by atoms with Gasteiger partial charge in [-0.25, -0.2) is 4.79 Å². The van der Waals surface area contributed by atoms with Gasteiger partial charge < -0.3 is 20.1 Å². The quantitative estimate of drug-likeness (QED) is 0.257. The molecule has 0 aromatic rings. The van der Waals surface area contributed by atoms with Gasteiger partial charge in [-0.2, -0.15) is 0 Å². The minimum absolute atomic E-state index is 0.0940. The maximum Gasteiger partial charge on any atom is 0.330 e. The molecule has 0 bridgehead atoms. The molecule has 0 radical (unpaired) electrons. The van der Waals surface area contributed by atoms with E-state index < -0.39 is 11.9 Å². The number of esters is 1. The first-order chi connectivity index (χ1) is 8.84. The van der Waals surface area contributed by atoms with E-state index in [2.05, 4.69) is 4.74 Å². The maximum atomic E-state index is 10.9. The Bertz CT molecular complexity index is 318. The molecule has 0 saturated heterocycles. The molecule has 0 aromatic heterocycles. The van der Waals surface area contributed by atoms with Crippen molar-refractivity contribution < 1.29 is 34.4 Å². The van der Waals surface area contributed by atoms with Crippen molar-refractivity contribution in [3.05, 3.63) is 11.6 Å².